The monoisotopic (exact) mass is 233 g/mol. The van der Waals surface area contributed by atoms with E-state index in [2.05, 4.69) is 5.10 Å². The van der Waals surface area contributed by atoms with Gasteiger partial charge in [0.15, 0.2) is 0 Å². The van der Waals surface area contributed by atoms with Crippen molar-refractivity contribution in [2.24, 2.45) is 0 Å². The summed E-state index contributed by atoms with van der Waals surface area (Å²) in [5.41, 5.74) is 1.01. The van der Waals surface area contributed by atoms with Crippen LogP contribution in [0.5, 0.6) is 0 Å². The van der Waals surface area contributed by atoms with Gasteiger partial charge in [-0.05, 0) is 5.56 Å². The zero-order valence-corrected chi connectivity index (χ0v) is 8.48. The van der Waals surface area contributed by atoms with Gasteiger partial charge in [0.1, 0.15) is 0 Å². The van der Waals surface area contributed by atoms with E-state index in [0.29, 0.717) is 11.1 Å². The predicted molar refractivity (Wildman–Crippen MR) is 57.7 cm³/mol. The van der Waals surface area contributed by atoms with Crippen LogP contribution >= 0.6 is 0 Å². The summed E-state index contributed by atoms with van der Waals surface area (Å²) in [7, 11) is 0. The van der Waals surface area contributed by atoms with E-state index in [4.69, 9.17) is 5.11 Å². The fourth-order valence-electron chi connectivity index (χ4n) is 1.38. The van der Waals surface area contributed by atoms with Crippen LogP contribution in [0.3, 0.4) is 0 Å². The van der Waals surface area contributed by atoms with E-state index in [1.165, 1.54) is 30.6 Å². The summed E-state index contributed by atoms with van der Waals surface area (Å²) in [5, 5.41) is 22.9. The summed E-state index contributed by atoms with van der Waals surface area (Å²) < 4.78 is 0.744. The summed E-state index contributed by atoms with van der Waals surface area (Å²) in [6.07, 6.45) is 1.43. The van der Waals surface area contributed by atoms with Gasteiger partial charge in [0.25, 0.3) is 5.69 Å². The van der Waals surface area contributed by atoms with Gasteiger partial charge in [-0.2, -0.15) is 9.78 Å². The van der Waals surface area contributed by atoms with Crippen molar-refractivity contribution in [3.05, 3.63) is 46.8 Å². The number of nitro groups is 1. The molecule has 0 aliphatic heterocycles. The first-order chi connectivity index (χ1) is 8.08. The molecule has 7 heteroatoms. The first-order valence-corrected chi connectivity index (χ1v) is 4.61. The van der Waals surface area contributed by atoms with Gasteiger partial charge in [0.05, 0.1) is 11.1 Å². The second-order valence-electron chi connectivity index (χ2n) is 3.26. The van der Waals surface area contributed by atoms with Crippen molar-refractivity contribution in [3.63, 3.8) is 0 Å². The highest BCUT2D eigenvalue weighted by Crippen LogP contribution is 2.23. The van der Waals surface area contributed by atoms with Gasteiger partial charge in [-0.3, -0.25) is 10.1 Å². The molecular weight excluding hydrogens is 226 g/mol. The Bertz CT molecular complexity index is 591. The van der Waals surface area contributed by atoms with Crippen LogP contribution in [0.2, 0.25) is 0 Å². The molecule has 2 rings (SSSR count). The number of carboxylic acid groups (broad SMARTS) is 1. The number of aromatic nitrogens is 2. The fraction of sp³-hybridized carbons (Fsp3) is 0. The quantitative estimate of drug-likeness (QED) is 0.631. The van der Waals surface area contributed by atoms with Crippen molar-refractivity contribution in [2.75, 3.05) is 0 Å². The maximum Gasteiger partial charge on any atom is 0.432 e. The molecule has 0 spiro atoms. The Hall–Kier alpha value is -2.70. The zero-order chi connectivity index (χ0) is 12.4. The Labute approximate surface area is 95.1 Å². The molecule has 17 heavy (non-hydrogen) atoms. The van der Waals surface area contributed by atoms with E-state index in [1.54, 1.807) is 6.07 Å². The standard InChI is InChI=1S/C10H7N3O4/c14-10(15)12-6-8(5-11-12)7-2-1-3-9(4-7)13(16)17/h1-6H,(H,14,15). The Balaban J connectivity index is 2.42. The van der Waals surface area contributed by atoms with Gasteiger partial charge in [-0.1, -0.05) is 12.1 Å². The molecule has 0 aliphatic carbocycles. The molecule has 0 radical (unpaired) electrons. The minimum Gasteiger partial charge on any atom is -0.463 e. The van der Waals surface area contributed by atoms with E-state index in [0.717, 1.165) is 4.68 Å². The minimum atomic E-state index is -1.21. The third-order valence-electron chi connectivity index (χ3n) is 2.17. The first-order valence-electron chi connectivity index (χ1n) is 4.61. The molecule has 0 fully saturated rings. The molecule has 0 unspecified atom stereocenters. The van der Waals surface area contributed by atoms with Gasteiger partial charge in [0, 0.05) is 23.9 Å². The number of hydrogen-bond donors (Lipinski definition) is 1. The number of non-ortho nitro benzene ring substituents is 1. The van der Waals surface area contributed by atoms with E-state index >= 15 is 0 Å². The molecule has 86 valence electrons. The smallest absolute Gasteiger partial charge is 0.432 e. The second kappa shape index (κ2) is 4.05. The summed E-state index contributed by atoms with van der Waals surface area (Å²) in [6, 6.07) is 5.91. The Kier molecular flexibility index (Phi) is 2.57. The summed E-state index contributed by atoms with van der Waals surface area (Å²) in [4.78, 5) is 20.7. The maximum atomic E-state index is 10.6. The number of benzene rings is 1. The normalized spacial score (nSPS) is 10.1. The number of rotatable bonds is 2. The lowest BCUT2D eigenvalue weighted by atomic mass is 10.1. The molecule has 1 heterocycles. The highest BCUT2D eigenvalue weighted by atomic mass is 16.6. The van der Waals surface area contributed by atoms with E-state index in [-0.39, 0.29) is 5.69 Å². The predicted octanol–water partition coefficient (Wildman–Crippen LogP) is 1.98. The third-order valence-corrected chi connectivity index (χ3v) is 2.17. The Morgan fingerprint density at radius 2 is 2.18 bits per heavy atom. The number of hydrogen-bond acceptors (Lipinski definition) is 4. The molecule has 2 aromatic rings. The average Bonchev–Trinajstić information content (AvgIpc) is 2.78. The van der Waals surface area contributed by atoms with Crippen LogP contribution in [0.1, 0.15) is 0 Å². The molecule has 0 saturated carbocycles. The molecule has 0 atom stereocenters. The molecule has 0 amide bonds. The largest absolute Gasteiger partial charge is 0.463 e. The van der Waals surface area contributed by atoms with Gasteiger partial charge in [-0.15, -0.1) is 0 Å². The van der Waals surface area contributed by atoms with Crippen LogP contribution in [0, 0.1) is 10.1 Å². The SMILES string of the molecule is O=C(O)n1cc(-c2cccc([N+](=O)[O-])c2)cn1. The topological polar surface area (TPSA) is 98.3 Å². The summed E-state index contributed by atoms with van der Waals surface area (Å²) >= 11 is 0. The lowest BCUT2D eigenvalue weighted by Gasteiger charge is -1.96. The van der Waals surface area contributed by atoms with Crippen LogP contribution in [0.15, 0.2) is 36.7 Å². The minimum absolute atomic E-state index is 0.0504. The van der Waals surface area contributed by atoms with E-state index in [1.807, 2.05) is 0 Å². The van der Waals surface area contributed by atoms with Crippen LogP contribution in [0.25, 0.3) is 11.1 Å². The van der Waals surface area contributed by atoms with Crippen LogP contribution in [0.4, 0.5) is 10.5 Å². The highest BCUT2D eigenvalue weighted by molar-refractivity contribution is 5.71. The van der Waals surface area contributed by atoms with Gasteiger partial charge >= 0.3 is 6.09 Å². The van der Waals surface area contributed by atoms with E-state index in [9.17, 15) is 14.9 Å². The van der Waals surface area contributed by atoms with Crippen molar-refractivity contribution in [2.45, 2.75) is 0 Å². The third kappa shape index (κ3) is 2.12. The van der Waals surface area contributed by atoms with Crippen molar-refractivity contribution < 1.29 is 14.8 Å². The molecule has 1 aromatic heterocycles. The zero-order valence-electron chi connectivity index (χ0n) is 8.48. The van der Waals surface area contributed by atoms with Crippen LogP contribution in [-0.4, -0.2) is 25.9 Å². The Morgan fingerprint density at radius 3 is 2.76 bits per heavy atom. The van der Waals surface area contributed by atoms with Crippen molar-refractivity contribution in [1.29, 1.82) is 0 Å². The molecule has 1 aromatic carbocycles. The molecule has 7 nitrogen and oxygen atoms in total. The van der Waals surface area contributed by atoms with Crippen molar-refractivity contribution in [3.8, 4) is 11.1 Å². The Morgan fingerprint density at radius 1 is 1.41 bits per heavy atom. The van der Waals surface area contributed by atoms with Gasteiger partial charge in [-0.25, -0.2) is 4.79 Å². The maximum absolute atomic E-state index is 10.6. The summed E-state index contributed by atoms with van der Waals surface area (Å²) in [5.74, 6) is 0. The lowest BCUT2D eigenvalue weighted by Crippen LogP contribution is -2.07. The summed E-state index contributed by atoms with van der Waals surface area (Å²) in [6.45, 7) is 0. The highest BCUT2D eigenvalue weighted by Gasteiger charge is 2.10. The molecule has 0 bridgehead atoms. The van der Waals surface area contributed by atoms with Gasteiger partial charge < -0.3 is 5.11 Å². The van der Waals surface area contributed by atoms with Crippen molar-refractivity contribution >= 4 is 11.8 Å². The fourth-order valence-corrected chi connectivity index (χ4v) is 1.38. The first kappa shape index (κ1) is 10.8. The molecular formula is C10H7N3O4. The molecule has 0 aliphatic rings. The second-order valence-corrected chi connectivity index (χ2v) is 3.26. The molecule has 0 saturated heterocycles. The number of carbonyl (C=O) groups is 1. The number of nitro benzene ring substituents is 1. The van der Waals surface area contributed by atoms with Gasteiger partial charge in [0.2, 0.25) is 0 Å². The number of nitrogens with zero attached hydrogens (tertiary/aromatic N) is 3. The van der Waals surface area contributed by atoms with Crippen molar-refractivity contribution in [1.82, 2.24) is 9.78 Å². The lowest BCUT2D eigenvalue weighted by molar-refractivity contribution is -0.384. The molecule has 1 N–H and O–H groups in total. The van der Waals surface area contributed by atoms with Crippen LogP contribution < -0.4 is 0 Å². The van der Waals surface area contributed by atoms with Crippen LogP contribution in [-0.2, 0) is 0 Å². The average molecular weight is 233 g/mol. The van der Waals surface area contributed by atoms with E-state index < -0.39 is 11.0 Å².